The van der Waals surface area contributed by atoms with Crippen LogP contribution in [0.4, 0.5) is 0 Å². The second kappa shape index (κ2) is 2.49. The number of carbonyl (C=O) groups is 1. The number of nitrogens with zero attached hydrogens (tertiary/aromatic N) is 1. The third-order valence-corrected chi connectivity index (χ3v) is 1.52. The number of hydrogen-bond acceptors (Lipinski definition) is 3. The molecular formula is C8H11NO2. The Hall–Kier alpha value is -1.12. The van der Waals surface area contributed by atoms with Crippen LogP contribution in [0, 0.1) is 0 Å². The average molecular weight is 153 g/mol. The van der Waals surface area contributed by atoms with Crippen LogP contribution in [0.2, 0.25) is 0 Å². The molecular weight excluding hydrogens is 142 g/mol. The largest absolute Gasteiger partial charge is 0.364 e. The van der Waals surface area contributed by atoms with Gasteiger partial charge in [0, 0.05) is 5.56 Å². The Bertz CT molecular complexity index is 257. The summed E-state index contributed by atoms with van der Waals surface area (Å²) in [4.78, 5) is 10.4. The molecule has 0 fully saturated rings. The van der Waals surface area contributed by atoms with Gasteiger partial charge in [0.1, 0.15) is 12.0 Å². The zero-order chi connectivity index (χ0) is 8.48. The first kappa shape index (κ1) is 7.98. The highest BCUT2D eigenvalue weighted by Gasteiger charge is 2.20. The van der Waals surface area contributed by atoms with E-state index >= 15 is 0 Å². The molecule has 0 saturated heterocycles. The highest BCUT2D eigenvalue weighted by Crippen LogP contribution is 2.23. The van der Waals surface area contributed by atoms with E-state index in [0.29, 0.717) is 12.0 Å². The molecule has 3 nitrogen and oxygen atoms in total. The standard InChI is InChI=1S/C8H11NO2/c1-8(2,3)6-5-11-9-7(6)4-10/h4-5H,1-3H3. The average Bonchev–Trinajstić information content (AvgIpc) is 2.31. The highest BCUT2D eigenvalue weighted by molar-refractivity contribution is 5.74. The fraction of sp³-hybridized carbons (Fsp3) is 0.500. The van der Waals surface area contributed by atoms with Gasteiger partial charge >= 0.3 is 0 Å². The number of aromatic nitrogens is 1. The number of aldehydes is 1. The third kappa shape index (κ3) is 1.48. The molecule has 0 N–H and O–H groups in total. The van der Waals surface area contributed by atoms with Crippen molar-refractivity contribution >= 4 is 6.29 Å². The summed E-state index contributed by atoms with van der Waals surface area (Å²) in [7, 11) is 0. The van der Waals surface area contributed by atoms with Crippen LogP contribution < -0.4 is 0 Å². The summed E-state index contributed by atoms with van der Waals surface area (Å²) in [6.07, 6.45) is 2.23. The summed E-state index contributed by atoms with van der Waals surface area (Å²) in [5, 5.41) is 3.56. The van der Waals surface area contributed by atoms with E-state index in [1.165, 1.54) is 6.26 Å². The molecule has 0 amide bonds. The van der Waals surface area contributed by atoms with Crippen LogP contribution in [-0.2, 0) is 5.41 Å². The topological polar surface area (TPSA) is 43.1 Å². The SMILES string of the molecule is CC(C)(C)c1conc1C=O. The lowest BCUT2D eigenvalue weighted by atomic mass is 9.88. The molecule has 1 aromatic heterocycles. The van der Waals surface area contributed by atoms with Crippen molar-refractivity contribution in [2.24, 2.45) is 0 Å². The highest BCUT2D eigenvalue weighted by atomic mass is 16.5. The van der Waals surface area contributed by atoms with E-state index in [-0.39, 0.29) is 5.41 Å². The fourth-order valence-electron chi connectivity index (χ4n) is 0.891. The Morgan fingerprint density at radius 1 is 1.55 bits per heavy atom. The van der Waals surface area contributed by atoms with Crippen LogP contribution >= 0.6 is 0 Å². The van der Waals surface area contributed by atoms with E-state index in [1.807, 2.05) is 20.8 Å². The minimum absolute atomic E-state index is 0.0732. The van der Waals surface area contributed by atoms with E-state index in [1.54, 1.807) is 0 Å². The van der Waals surface area contributed by atoms with Crippen LogP contribution in [-0.4, -0.2) is 11.4 Å². The lowest BCUT2D eigenvalue weighted by molar-refractivity contribution is 0.111. The van der Waals surface area contributed by atoms with E-state index in [0.717, 1.165) is 5.56 Å². The molecule has 0 unspecified atom stereocenters. The first-order valence-electron chi connectivity index (χ1n) is 3.45. The van der Waals surface area contributed by atoms with E-state index in [4.69, 9.17) is 0 Å². The van der Waals surface area contributed by atoms with Gasteiger partial charge in [0.05, 0.1) is 0 Å². The maximum atomic E-state index is 10.4. The van der Waals surface area contributed by atoms with Gasteiger partial charge in [-0.05, 0) is 5.41 Å². The molecule has 0 atom stereocenters. The maximum absolute atomic E-state index is 10.4. The van der Waals surface area contributed by atoms with Crippen molar-refractivity contribution in [3.8, 4) is 0 Å². The molecule has 0 bridgehead atoms. The van der Waals surface area contributed by atoms with Crippen molar-refractivity contribution < 1.29 is 9.32 Å². The summed E-state index contributed by atoms with van der Waals surface area (Å²) in [5.74, 6) is 0. The molecule has 0 aliphatic carbocycles. The molecule has 0 aliphatic heterocycles. The minimum atomic E-state index is -0.0732. The molecule has 1 heterocycles. The first-order valence-corrected chi connectivity index (χ1v) is 3.45. The van der Waals surface area contributed by atoms with Crippen LogP contribution in [0.15, 0.2) is 10.8 Å². The molecule has 0 radical (unpaired) electrons. The Kier molecular flexibility index (Phi) is 1.81. The summed E-state index contributed by atoms with van der Waals surface area (Å²) < 4.78 is 4.68. The molecule has 1 aromatic rings. The van der Waals surface area contributed by atoms with Crippen molar-refractivity contribution in [2.45, 2.75) is 26.2 Å². The summed E-state index contributed by atoms with van der Waals surface area (Å²) >= 11 is 0. The number of carbonyl (C=O) groups excluding carboxylic acids is 1. The molecule has 0 aliphatic rings. The second-order valence-corrected chi connectivity index (χ2v) is 3.48. The minimum Gasteiger partial charge on any atom is -0.364 e. The van der Waals surface area contributed by atoms with Gasteiger partial charge in [0.2, 0.25) is 0 Å². The van der Waals surface area contributed by atoms with Crippen molar-refractivity contribution in [1.29, 1.82) is 0 Å². The van der Waals surface area contributed by atoms with Crippen molar-refractivity contribution in [3.05, 3.63) is 17.5 Å². The number of rotatable bonds is 1. The van der Waals surface area contributed by atoms with Crippen molar-refractivity contribution in [2.75, 3.05) is 0 Å². The van der Waals surface area contributed by atoms with Crippen LogP contribution in [0.1, 0.15) is 36.8 Å². The van der Waals surface area contributed by atoms with Gasteiger partial charge in [0.25, 0.3) is 0 Å². The molecule has 0 spiro atoms. The lowest BCUT2D eigenvalue weighted by Gasteiger charge is -2.15. The second-order valence-electron chi connectivity index (χ2n) is 3.48. The van der Waals surface area contributed by atoms with Gasteiger partial charge in [0.15, 0.2) is 6.29 Å². The molecule has 0 aromatic carbocycles. The molecule has 0 saturated carbocycles. The molecule has 60 valence electrons. The Morgan fingerprint density at radius 3 is 2.55 bits per heavy atom. The van der Waals surface area contributed by atoms with Gasteiger partial charge in [-0.1, -0.05) is 25.9 Å². The van der Waals surface area contributed by atoms with Gasteiger partial charge < -0.3 is 4.52 Å². The van der Waals surface area contributed by atoms with Crippen LogP contribution in [0.3, 0.4) is 0 Å². The Labute approximate surface area is 65.4 Å². The van der Waals surface area contributed by atoms with Crippen LogP contribution in [0.5, 0.6) is 0 Å². The molecule has 11 heavy (non-hydrogen) atoms. The zero-order valence-electron chi connectivity index (χ0n) is 6.92. The summed E-state index contributed by atoms with van der Waals surface area (Å²) in [6.45, 7) is 6.02. The van der Waals surface area contributed by atoms with E-state index in [9.17, 15) is 4.79 Å². The Morgan fingerprint density at radius 2 is 2.18 bits per heavy atom. The quantitative estimate of drug-likeness (QED) is 0.577. The smallest absolute Gasteiger partial charge is 0.172 e. The van der Waals surface area contributed by atoms with Crippen LogP contribution in [0.25, 0.3) is 0 Å². The maximum Gasteiger partial charge on any atom is 0.172 e. The summed E-state index contributed by atoms with van der Waals surface area (Å²) in [5.41, 5.74) is 1.18. The monoisotopic (exact) mass is 153 g/mol. The van der Waals surface area contributed by atoms with E-state index < -0.39 is 0 Å². The Balaban J connectivity index is 3.12. The first-order chi connectivity index (χ1) is 5.05. The fourth-order valence-corrected chi connectivity index (χ4v) is 0.891. The van der Waals surface area contributed by atoms with Gasteiger partial charge in [-0.25, -0.2) is 0 Å². The normalized spacial score (nSPS) is 11.5. The third-order valence-electron chi connectivity index (χ3n) is 1.52. The van der Waals surface area contributed by atoms with Gasteiger partial charge in [-0.2, -0.15) is 0 Å². The zero-order valence-corrected chi connectivity index (χ0v) is 6.92. The van der Waals surface area contributed by atoms with Crippen molar-refractivity contribution in [3.63, 3.8) is 0 Å². The number of hydrogen-bond donors (Lipinski definition) is 0. The van der Waals surface area contributed by atoms with Gasteiger partial charge in [-0.15, -0.1) is 0 Å². The molecule has 3 heteroatoms. The molecule has 1 rings (SSSR count). The van der Waals surface area contributed by atoms with E-state index in [2.05, 4.69) is 9.68 Å². The summed E-state index contributed by atoms with van der Waals surface area (Å²) in [6, 6.07) is 0. The predicted octanol–water partition coefficient (Wildman–Crippen LogP) is 1.78. The predicted molar refractivity (Wildman–Crippen MR) is 40.6 cm³/mol. The van der Waals surface area contributed by atoms with Crippen molar-refractivity contribution in [1.82, 2.24) is 5.16 Å². The van der Waals surface area contributed by atoms with Gasteiger partial charge in [-0.3, -0.25) is 4.79 Å². The lowest BCUT2D eigenvalue weighted by Crippen LogP contribution is -2.12.